The third-order valence-electron chi connectivity index (χ3n) is 1.89. The summed E-state index contributed by atoms with van der Waals surface area (Å²) in [7, 11) is 0. The maximum Gasteiger partial charge on any atom is 0.170 e. The predicted molar refractivity (Wildman–Crippen MR) is 58.3 cm³/mol. The van der Waals surface area contributed by atoms with E-state index in [9.17, 15) is 0 Å². The number of H-pyrrole nitrogens is 1. The van der Waals surface area contributed by atoms with Crippen molar-refractivity contribution in [2.75, 3.05) is 5.73 Å². The van der Waals surface area contributed by atoms with Crippen LogP contribution < -0.4 is 5.73 Å². The molecule has 3 N–H and O–H groups in total. The molecule has 2 rings (SSSR count). The Morgan fingerprint density at radius 3 is 3.00 bits per heavy atom. The number of aromatic nitrogens is 2. The largest absolute Gasteiger partial charge is 0.399 e. The Bertz CT molecular complexity index is 423. The summed E-state index contributed by atoms with van der Waals surface area (Å²) in [5, 5.41) is 0.888. The van der Waals surface area contributed by atoms with Gasteiger partial charge < -0.3 is 10.7 Å². The van der Waals surface area contributed by atoms with Crippen LogP contribution in [0, 0.1) is 6.92 Å². The number of hydrogen-bond acceptors (Lipinski definition) is 3. The van der Waals surface area contributed by atoms with Crippen molar-refractivity contribution < 1.29 is 0 Å². The summed E-state index contributed by atoms with van der Waals surface area (Å²) in [4.78, 5) is 8.33. The fourth-order valence-electron chi connectivity index (χ4n) is 1.14. The first kappa shape index (κ1) is 9.15. The van der Waals surface area contributed by atoms with E-state index in [1.54, 1.807) is 18.0 Å². The molecule has 14 heavy (non-hydrogen) atoms. The number of imidazole rings is 1. The van der Waals surface area contributed by atoms with Crippen LogP contribution in [0.15, 0.2) is 40.6 Å². The van der Waals surface area contributed by atoms with E-state index in [1.165, 1.54) is 5.56 Å². The molecule has 1 aromatic carbocycles. The van der Waals surface area contributed by atoms with E-state index in [0.717, 1.165) is 15.7 Å². The fourth-order valence-corrected chi connectivity index (χ4v) is 2.01. The van der Waals surface area contributed by atoms with Gasteiger partial charge >= 0.3 is 0 Å². The molecular formula is C10H11N3S. The van der Waals surface area contributed by atoms with Crippen LogP contribution in [0.4, 0.5) is 5.69 Å². The Morgan fingerprint density at radius 1 is 1.43 bits per heavy atom. The van der Waals surface area contributed by atoms with Crippen LogP contribution >= 0.6 is 11.8 Å². The van der Waals surface area contributed by atoms with Gasteiger partial charge in [0.1, 0.15) is 0 Å². The number of nitrogens with zero attached hydrogens (tertiary/aromatic N) is 1. The molecule has 0 aliphatic heterocycles. The number of rotatable bonds is 2. The molecule has 0 radical (unpaired) electrons. The van der Waals surface area contributed by atoms with Crippen molar-refractivity contribution in [2.24, 2.45) is 0 Å². The second-order valence-corrected chi connectivity index (χ2v) is 4.05. The average Bonchev–Trinajstić information content (AvgIpc) is 2.64. The van der Waals surface area contributed by atoms with Crippen molar-refractivity contribution in [1.82, 2.24) is 9.97 Å². The summed E-state index contributed by atoms with van der Waals surface area (Å²) in [5.41, 5.74) is 7.70. The molecule has 0 bridgehead atoms. The molecule has 3 nitrogen and oxygen atoms in total. The van der Waals surface area contributed by atoms with Crippen molar-refractivity contribution in [3.05, 3.63) is 36.2 Å². The van der Waals surface area contributed by atoms with Crippen LogP contribution in [0.1, 0.15) is 5.56 Å². The molecule has 0 aliphatic rings. The van der Waals surface area contributed by atoms with Gasteiger partial charge in [0, 0.05) is 23.0 Å². The van der Waals surface area contributed by atoms with Crippen molar-refractivity contribution in [1.29, 1.82) is 0 Å². The lowest BCUT2D eigenvalue weighted by Gasteiger charge is -2.03. The zero-order chi connectivity index (χ0) is 9.97. The molecule has 1 aromatic heterocycles. The molecule has 0 atom stereocenters. The Morgan fingerprint density at radius 2 is 2.29 bits per heavy atom. The Kier molecular flexibility index (Phi) is 2.45. The van der Waals surface area contributed by atoms with E-state index < -0.39 is 0 Å². The SMILES string of the molecule is Cc1ccc(N)cc1Sc1ncc[nH]1. The Hall–Kier alpha value is -1.42. The van der Waals surface area contributed by atoms with Crippen molar-refractivity contribution in [2.45, 2.75) is 17.0 Å². The normalized spacial score (nSPS) is 10.4. The van der Waals surface area contributed by atoms with Gasteiger partial charge in [0.2, 0.25) is 0 Å². The van der Waals surface area contributed by atoms with Crippen LogP contribution in [0.2, 0.25) is 0 Å². The summed E-state index contributed by atoms with van der Waals surface area (Å²) in [5.74, 6) is 0. The van der Waals surface area contributed by atoms with Crippen LogP contribution in [-0.2, 0) is 0 Å². The quantitative estimate of drug-likeness (QED) is 0.740. The second-order valence-electron chi connectivity index (χ2n) is 3.02. The molecule has 0 amide bonds. The van der Waals surface area contributed by atoms with Gasteiger partial charge in [-0.05, 0) is 24.6 Å². The number of anilines is 1. The summed E-state index contributed by atoms with van der Waals surface area (Å²) in [6, 6.07) is 5.88. The predicted octanol–water partition coefficient (Wildman–Crippen LogP) is 2.45. The monoisotopic (exact) mass is 205 g/mol. The standard InChI is InChI=1S/C10H11N3S/c1-7-2-3-8(11)6-9(7)14-10-12-4-5-13-10/h2-6H,11H2,1H3,(H,12,13). The number of nitrogen functional groups attached to an aromatic ring is 1. The number of aromatic amines is 1. The van der Waals surface area contributed by atoms with Crippen LogP contribution in [0.3, 0.4) is 0 Å². The maximum absolute atomic E-state index is 5.71. The van der Waals surface area contributed by atoms with Gasteiger partial charge in [-0.25, -0.2) is 4.98 Å². The van der Waals surface area contributed by atoms with Crippen LogP contribution in [0.5, 0.6) is 0 Å². The zero-order valence-electron chi connectivity index (χ0n) is 7.82. The summed E-state index contributed by atoms with van der Waals surface area (Å²) < 4.78 is 0. The Labute approximate surface area is 86.7 Å². The highest BCUT2D eigenvalue weighted by atomic mass is 32.2. The van der Waals surface area contributed by atoms with Crippen LogP contribution in [-0.4, -0.2) is 9.97 Å². The van der Waals surface area contributed by atoms with Crippen molar-refractivity contribution >= 4 is 17.4 Å². The first-order valence-corrected chi connectivity index (χ1v) is 5.11. The third-order valence-corrected chi connectivity index (χ3v) is 2.97. The smallest absolute Gasteiger partial charge is 0.170 e. The molecule has 0 spiro atoms. The number of hydrogen-bond donors (Lipinski definition) is 2. The molecule has 72 valence electrons. The Balaban J connectivity index is 2.28. The van der Waals surface area contributed by atoms with Gasteiger partial charge in [0.05, 0.1) is 0 Å². The molecule has 4 heteroatoms. The first-order valence-electron chi connectivity index (χ1n) is 4.29. The van der Waals surface area contributed by atoms with Gasteiger partial charge in [-0.2, -0.15) is 0 Å². The van der Waals surface area contributed by atoms with Gasteiger partial charge in [0.25, 0.3) is 0 Å². The minimum Gasteiger partial charge on any atom is -0.399 e. The average molecular weight is 205 g/mol. The van der Waals surface area contributed by atoms with E-state index in [1.807, 2.05) is 24.4 Å². The molecule has 0 unspecified atom stereocenters. The van der Waals surface area contributed by atoms with Crippen molar-refractivity contribution in [3.8, 4) is 0 Å². The summed E-state index contributed by atoms with van der Waals surface area (Å²) in [6.07, 6.45) is 3.55. The van der Waals surface area contributed by atoms with E-state index in [0.29, 0.717) is 0 Å². The third kappa shape index (κ3) is 1.90. The summed E-state index contributed by atoms with van der Waals surface area (Å²) in [6.45, 7) is 2.06. The zero-order valence-corrected chi connectivity index (χ0v) is 8.64. The first-order chi connectivity index (χ1) is 6.75. The van der Waals surface area contributed by atoms with Crippen molar-refractivity contribution in [3.63, 3.8) is 0 Å². The number of nitrogens with one attached hydrogen (secondary N) is 1. The maximum atomic E-state index is 5.71. The lowest BCUT2D eigenvalue weighted by atomic mass is 10.2. The highest BCUT2D eigenvalue weighted by Gasteiger charge is 2.02. The van der Waals surface area contributed by atoms with Gasteiger partial charge in [-0.1, -0.05) is 17.8 Å². The summed E-state index contributed by atoms with van der Waals surface area (Å²) >= 11 is 1.59. The van der Waals surface area contributed by atoms with E-state index in [-0.39, 0.29) is 0 Å². The van der Waals surface area contributed by atoms with Gasteiger partial charge in [-0.15, -0.1) is 0 Å². The highest BCUT2D eigenvalue weighted by molar-refractivity contribution is 7.99. The molecule has 0 fully saturated rings. The number of benzene rings is 1. The van der Waals surface area contributed by atoms with Crippen LogP contribution in [0.25, 0.3) is 0 Å². The molecule has 0 aliphatic carbocycles. The molecule has 0 saturated carbocycles. The fraction of sp³-hybridized carbons (Fsp3) is 0.100. The molecule has 1 heterocycles. The molecular weight excluding hydrogens is 194 g/mol. The molecule has 0 saturated heterocycles. The number of aryl methyl sites for hydroxylation is 1. The lowest BCUT2D eigenvalue weighted by Crippen LogP contribution is -1.87. The van der Waals surface area contributed by atoms with Gasteiger partial charge in [0.15, 0.2) is 5.16 Å². The molecule has 2 aromatic rings. The minimum atomic E-state index is 0.782. The van der Waals surface area contributed by atoms with E-state index in [2.05, 4.69) is 16.9 Å². The minimum absolute atomic E-state index is 0.782. The number of nitrogens with two attached hydrogens (primary N) is 1. The highest BCUT2D eigenvalue weighted by Crippen LogP contribution is 2.28. The van der Waals surface area contributed by atoms with E-state index in [4.69, 9.17) is 5.73 Å². The lowest BCUT2D eigenvalue weighted by molar-refractivity contribution is 1.06. The topological polar surface area (TPSA) is 54.7 Å². The second kappa shape index (κ2) is 3.75. The van der Waals surface area contributed by atoms with E-state index >= 15 is 0 Å². The van der Waals surface area contributed by atoms with Gasteiger partial charge in [-0.3, -0.25) is 0 Å².